The van der Waals surface area contributed by atoms with Crippen molar-refractivity contribution in [3.8, 4) is 0 Å². The van der Waals surface area contributed by atoms with Gasteiger partial charge in [-0.15, -0.1) is 0 Å². The van der Waals surface area contributed by atoms with E-state index in [1.54, 1.807) is 24.3 Å². The molecule has 0 aromatic heterocycles. The Morgan fingerprint density at radius 2 is 1.95 bits per heavy atom. The van der Waals surface area contributed by atoms with Crippen LogP contribution >= 0.6 is 0 Å². The number of nitrogens with one attached hydrogen (secondary N) is 2. The Balaban J connectivity index is 2.51. The Morgan fingerprint density at radius 3 is 2.45 bits per heavy atom. The van der Waals surface area contributed by atoms with Crippen LogP contribution in [0.15, 0.2) is 24.3 Å². The zero-order chi connectivity index (χ0) is 15.0. The molecule has 0 saturated heterocycles. The minimum atomic E-state index is -0.397. The molecule has 0 spiro atoms. The van der Waals surface area contributed by atoms with Crippen LogP contribution in [0.4, 0.5) is 5.69 Å². The summed E-state index contributed by atoms with van der Waals surface area (Å²) in [6.07, 6.45) is 0.209. The molecule has 0 aliphatic rings. The summed E-state index contributed by atoms with van der Waals surface area (Å²) in [5.41, 5.74) is 1.51. The lowest BCUT2D eigenvalue weighted by atomic mass is 10.1. The molecule has 1 unspecified atom stereocenters. The van der Waals surface area contributed by atoms with Crippen molar-refractivity contribution < 1.29 is 19.4 Å². The van der Waals surface area contributed by atoms with Crippen molar-refractivity contribution >= 4 is 17.5 Å². The molecule has 1 atom stereocenters. The van der Waals surface area contributed by atoms with Crippen molar-refractivity contribution in [2.24, 2.45) is 0 Å². The summed E-state index contributed by atoms with van der Waals surface area (Å²) in [7, 11) is 1.51. The van der Waals surface area contributed by atoms with Crippen molar-refractivity contribution in [1.82, 2.24) is 5.32 Å². The Kier molecular flexibility index (Phi) is 6.69. The minimum Gasteiger partial charge on any atom is -0.394 e. The second-order valence-corrected chi connectivity index (χ2v) is 4.46. The van der Waals surface area contributed by atoms with E-state index >= 15 is 0 Å². The zero-order valence-corrected chi connectivity index (χ0v) is 11.7. The number of methoxy groups -OCH3 is 1. The van der Waals surface area contributed by atoms with Gasteiger partial charge in [0.25, 0.3) is 0 Å². The first-order chi connectivity index (χ1) is 9.55. The first kappa shape index (κ1) is 16.1. The molecule has 3 N–H and O–H groups in total. The maximum absolute atomic E-state index is 11.8. The summed E-state index contributed by atoms with van der Waals surface area (Å²) < 4.78 is 4.88. The number of hydrogen-bond donors (Lipinski definition) is 3. The Labute approximate surface area is 118 Å². The molecular weight excluding hydrogens is 260 g/mol. The first-order valence-corrected chi connectivity index (χ1v) is 6.31. The summed E-state index contributed by atoms with van der Waals surface area (Å²) in [5.74, 6) is -0.325. The average Bonchev–Trinajstić information content (AvgIpc) is 2.40. The molecule has 1 aromatic rings. The topological polar surface area (TPSA) is 87.7 Å². The van der Waals surface area contributed by atoms with E-state index in [9.17, 15) is 9.59 Å². The average molecular weight is 280 g/mol. The van der Waals surface area contributed by atoms with Crippen molar-refractivity contribution in [2.45, 2.75) is 19.4 Å². The van der Waals surface area contributed by atoms with Gasteiger partial charge in [-0.05, 0) is 17.7 Å². The molecule has 0 bridgehead atoms. The lowest BCUT2D eigenvalue weighted by molar-refractivity contribution is -0.122. The van der Waals surface area contributed by atoms with Gasteiger partial charge in [-0.1, -0.05) is 12.1 Å². The van der Waals surface area contributed by atoms with Gasteiger partial charge in [-0.2, -0.15) is 0 Å². The molecule has 2 amide bonds. The highest BCUT2D eigenvalue weighted by atomic mass is 16.5. The van der Waals surface area contributed by atoms with Gasteiger partial charge in [-0.25, -0.2) is 0 Å². The molecule has 0 aliphatic heterocycles. The number of amides is 2. The second-order valence-electron chi connectivity index (χ2n) is 4.46. The second kappa shape index (κ2) is 8.29. The fourth-order valence-electron chi connectivity index (χ4n) is 1.71. The molecule has 0 radical (unpaired) electrons. The third kappa shape index (κ3) is 5.81. The van der Waals surface area contributed by atoms with E-state index in [0.717, 1.165) is 5.56 Å². The number of anilines is 1. The van der Waals surface area contributed by atoms with Crippen LogP contribution in [0.5, 0.6) is 0 Å². The van der Waals surface area contributed by atoms with Gasteiger partial charge in [-0.3, -0.25) is 9.59 Å². The van der Waals surface area contributed by atoms with Crippen LogP contribution in [-0.2, 0) is 20.7 Å². The fourth-order valence-corrected chi connectivity index (χ4v) is 1.71. The van der Waals surface area contributed by atoms with Crippen LogP contribution in [0.1, 0.15) is 12.5 Å². The van der Waals surface area contributed by atoms with Crippen molar-refractivity contribution in [3.63, 3.8) is 0 Å². The predicted molar refractivity (Wildman–Crippen MR) is 75.3 cm³/mol. The molecule has 0 heterocycles. The number of ether oxygens (including phenoxy) is 1. The standard InChI is InChI=1S/C14H20N2O4/c1-10(18)15-12-5-3-11(4-6-12)7-14(19)16-13(8-17)9-20-2/h3-6,13,17H,7-9H2,1-2H3,(H,15,18)(H,16,19). The van der Waals surface area contributed by atoms with E-state index in [-0.39, 0.29) is 31.4 Å². The third-order valence-electron chi connectivity index (χ3n) is 2.59. The van der Waals surface area contributed by atoms with E-state index in [1.807, 2.05) is 0 Å². The lowest BCUT2D eigenvalue weighted by Gasteiger charge is -2.15. The molecular formula is C14H20N2O4. The SMILES string of the molecule is COCC(CO)NC(=O)Cc1ccc(NC(C)=O)cc1. The van der Waals surface area contributed by atoms with Crippen molar-refractivity contribution in [1.29, 1.82) is 0 Å². The largest absolute Gasteiger partial charge is 0.394 e. The molecule has 0 fully saturated rings. The normalized spacial score (nSPS) is 11.8. The molecule has 0 saturated carbocycles. The summed E-state index contributed by atoms with van der Waals surface area (Å²) >= 11 is 0. The number of aliphatic hydroxyl groups excluding tert-OH is 1. The lowest BCUT2D eigenvalue weighted by Crippen LogP contribution is -2.41. The molecule has 0 aliphatic carbocycles. The number of hydrogen-bond acceptors (Lipinski definition) is 4. The van der Waals surface area contributed by atoms with Crippen LogP contribution in [-0.4, -0.2) is 43.3 Å². The molecule has 1 rings (SSSR count). The highest BCUT2D eigenvalue weighted by Crippen LogP contribution is 2.10. The highest BCUT2D eigenvalue weighted by Gasteiger charge is 2.11. The van der Waals surface area contributed by atoms with E-state index < -0.39 is 6.04 Å². The number of benzene rings is 1. The van der Waals surface area contributed by atoms with E-state index in [4.69, 9.17) is 9.84 Å². The van der Waals surface area contributed by atoms with Crippen LogP contribution in [0.2, 0.25) is 0 Å². The van der Waals surface area contributed by atoms with Crippen molar-refractivity contribution in [2.75, 3.05) is 25.6 Å². The van der Waals surface area contributed by atoms with Gasteiger partial charge in [0.2, 0.25) is 11.8 Å². The van der Waals surface area contributed by atoms with Gasteiger partial charge >= 0.3 is 0 Å². The van der Waals surface area contributed by atoms with Crippen molar-refractivity contribution in [3.05, 3.63) is 29.8 Å². The van der Waals surface area contributed by atoms with E-state index in [1.165, 1.54) is 14.0 Å². The molecule has 6 nitrogen and oxygen atoms in total. The number of rotatable bonds is 7. The van der Waals surface area contributed by atoms with Crippen LogP contribution < -0.4 is 10.6 Å². The first-order valence-electron chi connectivity index (χ1n) is 6.31. The predicted octanol–water partition coefficient (Wildman–Crippen LogP) is 0.311. The van der Waals surface area contributed by atoms with Crippen LogP contribution in [0, 0.1) is 0 Å². The molecule has 1 aromatic carbocycles. The highest BCUT2D eigenvalue weighted by molar-refractivity contribution is 5.88. The molecule has 6 heteroatoms. The van der Waals surface area contributed by atoms with Gasteiger partial charge in [0.15, 0.2) is 0 Å². The third-order valence-corrected chi connectivity index (χ3v) is 2.59. The van der Waals surface area contributed by atoms with E-state index in [2.05, 4.69) is 10.6 Å². The van der Waals surface area contributed by atoms with Gasteiger partial charge in [0.1, 0.15) is 0 Å². The van der Waals surface area contributed by atoms with E-state index in [0.29, 0.717) is 5.69 Å². The summed E-state index contributed by atoms with van der Waals surface area (Å²) in [4.78, 5) is 22.7. The maximum Gasteiger partial charge on any atom is 0.224 e. The Morgan fingerprint density at radius 1 is 1.30 bits per heavy atom. The molecule has 20 heavy (non-hydrogen) atoms. The smallest absolute Gasteiger partial charge is 0.224 e. The van der Waals surface area contributed by atoms with Gasteiger partial charge in [0, 0.05) is 19.7 Å². The zero-order valence-electron chi connectivity index (χ0n) is 11.7. The van der Waals surface area contributed by atoms with Crippen LogP contribution in [0.3, 0.4) is 0 Å². The number of aliphatic hydroxyl groups is 1. The summed E-state index contributed by atoms with van der Waals surface area (Å²) in [6, 6.07) is 6.63. The Bertz CT molecular complexity index is 445. The van der Waals surface area contributed by atoms with Gasteiger partial charge < -0.3 is 20.5 Å². The summed E-state index contributed by atoms with van der Waals surface area (Å²) in [5, 5.41) is 14.4. The molecule has 110 valence electrons. The Hall–Kier alpha value is -1.92. The minimum absolute atomic E-state index is 0.138. The number of carbonyl (C=O) groups excluding carboxylic acids is 2. The number of carbonyl (C=O) groups is 2. The summed E-state index contributed by atoms with van der Waals surface area (Å²) in [6.45, 7) is 1.54. The maximum atomic E-state index is 11.8. The van der Waals surface area contributed by atoms with Crippen LogP contribution in [0.25, 0.3) is 0 Å². The fraction of sp³-hybridized carbons (Fsp3) is 0.429. The monoisotopic (exact) mass is 280 g/mol. The quantitative estimate of drug-likeness (QED) is 0.671. The van der Waals surface area contributed by atoms with Gasteiger partial charge in [0.05, 0.1) is 25.7 Å².